The average Bonchev–Trinajstić information content (AvgIpc) is 2.57. The molecule has 0 aliphatic carbocycles. The van der Waals surface area contributed by atoms with Crippen molar-refractivity contribution in [3.05, 3.63) is 59.7 Å². The second kappa shape index (κ2) is 8.46. The zero-order chi connectivity index (χ0) is 17.4. The maximum Gasteiger partial charge on any atom is 0.250 e. The van der Waals surface area contributed by atoms with Crippen molar-refractivity contribution in [1.82, 2.24) is 0 Å². The van der Waals surface area contributed by atoms with Crippen molar-refractivity contribution in [3.63, 3.8) is 0 Å². The highest BCUT2D eigenvalue weighted by atomic mass is 16.5. The van der Waals surface area contributed by atoms with Crippen LogP contribution < -0.4 is 10.6 Å². The van der Waals surface area contributed by atoms with Gasteiger partial charge in [-0.15, -0.1) is 0 Å². The summed E-state index contributed by atoms with van der Waals surface area (Å²) in [6.07, 6.45) is 0. The van der Waals surface area contributed by atoms with E-state index in [4.69, 9.17) is 10.00 Å². The summed E-state index contributed by atoms with van der Waals surface area (Å²) in [6, 6.07) is 15.8. The Hall–Kier alpha value is -3.17. The molecule has 0 saturated carbocycles. The smallest absolute Gasteiger partial charge is 0.250 e. The van der Waals surface area contributed by atoms with Gasteiger partial charge in [0.1, 0.15) is 13.2 Å². The van der Waals surface area contributed by atoms with E-state index in [0.717, 1.165) is 5.56 Å². The fourth-order valence-corrected chi connectivity index (χ4v) is 1.90. The Morgan fingerprint density at radius 2 is 1.38 bits per heavy atom. The molecule has 2 N–H and O–H groups in total. The lowest BCUT2D eigenvalue weighted by Crippen LogP contribution is -2.23. The Morgan fingerprint density at radius 1 is 0.917 bits per heavy atom. The number of benzene rings is 2. The van der Waals surface area contributed by atoms with Gasteiger partial charge < -0.3 is 15.4 Å². The zero-order valence-corrected chi connectivity index (χ0v) is 13.2. The summed E-state index contributed by atoms with van der Waals surface area (Å²) in [5.74, 6) is -0.701. The molecule has 0 aliphatic rings. The molecule has 6 heteroatoms. The van der Waals surface area contributed by atoms with Crippen LogP contribution in [0.5, 0.6) is 0 Å². The van der Waals surface area contributed by atoms with Crippen LogP contribution in [0.4, 0.5) is 11.4 Å². The van der Waals surface area contributed by atoms with Crippen molar-refractivity contribution in [1.29, 1.82) is 5.26 Å². The molecule has 24 heavy (non-hydrogen) atoms. The summed E-state index contributed by atoms with van der Waals surface area (Å²) < 4.78 is 5.09. The first kappa shape index (κ1) is 17.2. The molecular formula is C18H17N3O3. The predicted molar refractivity (Wildman–Crippen MR) is 90.4 cm³/mol. The summed E-state index contributed by atoms with van der Waals surface area (Å²) in [4.78, 5) is 23.4. The van der Waals surface area contributed by atoms with E-state index in [1.807, 2.05) is 25.1 Å². The number of hydrogen-bond donors (Lipinski definition) is 2. The van der Waals surface area contributed by atoms with Crippen LogP contribution in [-0.4, -0.2) is 25.0 Å². The van der Waals surface area contributed by atoms with Crippen LogP contribution in [0.15, 0.2) is 48.5 Å². The molecule has 0 aliphatic heterocycles. The van der Waals surface area contributed by atoms with Gasteiger partial charge in [-0.3, -0.25) is 9.59 Å². The maximum absolute atomic E-state index is 11.7. The molecule has 0 unspecified atom stereocenters. The third-order valence-electron chi connectivity index (χ3n) is 3.10. The lowest BCUT2D eigenvalue weighted by atomic mass is 10.2. The Morgan fingerprint density at radius 3 is 1.83 bits per heavy atom. The van der Waals surface area contributed by atoms with E-state index in [1.54, 1.807) is 36.4 Å². The van der Waals surface area contributed by atoms with Crippen LogP contribution in [-0.2, 0) is 14.3 Å². The highest BCUT2D eigenvalue weighted by Crippen LogP contribution is 2.09. The van der Waals surface area contributed by atoms with Crippen LogP contribution in [0.3, 0.4) is 0 Å². The minimum Gasteiger partial charge on any atom is -0.362 e. The van der Waals surface area contributed by atoms with Gasteiger partial charge in [-0.05, 0) is 43.3 Å². The molecule has 0 radical (unpaired) electrons. The van der Waals surface area contributed by atoms with Crippen molar-refractivity contribution in [3.8, 4) is 6.07 Å². The number of hydrogen-bond acceptors (Lipinski definition) is 4. The first-order chi connectivity index (χ1) is 11.6. The van der Waals surface area contributed by atoms with E-state index in [2.05, 4.69) is 10.6 Å². The molecule has 0 fully saturated rings. The SMILES string of the molecule is Cc1ccc(NC(=O)COCC(=O)Nc2ccc(C#N)cc2)cc1. The van der Waals surface area contributed by atoms with Gasteiger partial charge in [0.05, 0.1) is 11.6 Å². The molecule has 2 amide bonds. The zero-order valence-electron chi connectivity index (χ0n) is 13.2. The number of nitrogens with zero attached hydrogens (tertiary/aromatic N) is 1. The molecular weight excluding hydrogens is 306 g/mol. The number of nitriles is 1. The molecule has 0 saturated heterocycles. The molecule has 122 valence electrons. The van der Waals surface area contributed by atoms with Gasteiger partial charge >= 0.3 is 0 Å². The Labute approximate surface area is 140 Å². The fraction of sp³-hybridized carbons (Fsp3) is 0.167. The minimum absolute atomic E-state index is 0.214. The molecule has 0 bridgehead atoms. The summed E-state index contributed by atoms with van der Waals surface area (Å²) in [7, 11) is 0. The monoisotopic (exact) mass is 323 g/mol. The number of rotatable bonds is 6. The number of carbonyl (C=O) groups is 2. The molecule has 2 aromatic carbocycles. The van der Waals surface area contributed by atoms with Gasteiger partial charge in [0.15, 0.2) is 0 Å². The summed E-state index contributed by atoms with van der Waals surface area (Å²) in [5, 5.41) is 14.0. The lowest BCUT2D eigenvalue weighted by molar-refractivity contribution is -0.125. The first-order valence-electron chi connectivity index (χ1n) is 7.31. The van der Waals surface area contributed by atoms with Gasteiger partial charge in [-0.25, -0.2) is 0 Å². The summed E-state index contributed by atoms with van der Waals surface area (Å²) in [5.41, 5.74) is 2.85. The van der Waals surface area contributed by atoms with Crippen LogP contribution in [0.1, 0.15) is 11.1 Å². The molecule has 0 aromatic heterocycles. The van der Waals surface area contributed by atoms with E-state index in [9.17, 15) is 9.59 Å². The van der Waals surface area contributed by atoms with Crippen LogP contribution in [0.2, 0.25) is 0 Å². The molecule has 6 nitrogen and oxygen atoms in total. The molecule has 2 rings (SSSR count). The van der Waals surface area contributed by atoms with E-state index < -0.39 is 0 Å². The topological polar surface area (TPSA) is 91.2 Å². The van der Waals surface area contributed by atoms with Crippen LogP contribution in [0, 0.1) is 18.3 Å². The highest BCUT2D eigenvalue weighted by Gasteiger charge is 2.06. The quantitative estimate of drug-likeness (QED) is 0.854. The van der Waals surface area contributed by atoms with Crippen molar-refractivity contribution in [2.45, 2.75) is 6.92 Å². The third-order valence-corrected chi connectivity index (χ3v) is 3.10. The maximum atomic E-state index is 11.7. The largest absolute Gasteiger partial charge is 0.362 e. The van der Waals surface area contributed by atoms with Gasteiger partial charge in [-0.1, -0.05) is 17.7 Å². The Balaban J connectivity index is 1.70. The van der Waals surface area contributed by atoms with Gasteiger partial charge in [0, 0.05) is 11.4 Å². The summed E-state index contributed by atoms with van der Waals surface area (Å²) >= 11 is 0. The third kappa shape index (κ3) is 5.55. The van der Waals surface area contributed by atoms with Crippen LogP contribution >= 0.6 is 0 Å². The second-order valence-electron chi connectivity index (χ2n) is 5.14. The fourth-order valence-electron chi connectivity index (χ4n) is 1.90. The van der Waals surface area contributed by atoms with Crippen molar-refractivity contribution >= 4 is 23.2 Å². The van der Waals surface area contributed by atoms with E-state index in [1.165, 1.54) is 0 Å². The average molecular weight is 323 g/mol. The van der Waals surface area contributed by atoms with Crippen LogP contribution in [0.25, 0.3) is 0 Å². The Kier molecular flexibility index (Phi) is 6.06. The van der Waals surface area contributed by atoms with E-state index in [0.29, 0.717) is 16.9 Å². The van der Waals surface area contributed by atoms with Gasteiger partial charge in [0.2, 0.25) is 11.8 Å². The van der Waals surface area contributed by atoms with Gasteiger partial charge in [0.25, 0.3) is 0 Å². The van der Waals surface area contributed by atoms with E-state index >= 15 is 0 Å². The first-order valence-corrected chi connectivity index (χ1v) is 7.31. The van der Waals surface area contributed by atoms with Gasteiger partial charge in [-0.2, -0.15) is 5.26 Å². The molecule has 0 heterocycles. The minimum atomic E-state index is -0.372. The Bertz CT molecular complexity index is 747. The van der Waals surface area contributed by atoms with E-state index in [-0.39, 0.29) is 25.0 Å². The van der Waals surface area contributed by atoms with Crippen molar-refractivity contribution < 1.29 is 14.3 Å². The van der Waals surface area contributed by atoms with Crippen molar-refractivity contribution in [2.75, 3.05) is 23.8 Å². The molecule has 0 atom stereocenters. The standard InChI is InChI=1S/C18H17N3O3/c1-13-2-6-15(7-3-13)20-17(22)11-24-12-18(23)21-16-8-4-14(10-19)5-9-16/h2-9H,11-12H2,1H3,(H,20,22)(H,21,23). The lowest BCUT2D eigenvalue weighted by Gasteiger charge is -2.07. The normalized spacial score (nSPS) is 9.83. The number of carbonyl (C=O) groups excluding carboxylic acids is 2. The number of anilines is 2. The highest BCUT2D eigenvalue weighted by molar-refractivity contribution is 5.93. The molecule has 2 aromatic rings. The second-order valence-corrected chi connectivity index (χ2v) is 5.14. The molecule has 0 spiro atoms. The predicted octanol–water partition coefficient (Wildman–Crippen LogP) is 2.46. The number of amides is 2. The number of nitrogens with one attached hydrogen (secondary N) is 2. The summed E-state index contributed by atoms with van der Waals surface area (Å²) in [6.45, 7) is 1.51. The number of ether oxygens (including phenoxy) is 1. The van der Waals surface area contributed by atoms with Crippen molar-refractivity contribution in [2.24, 2.45) is 0 Å². The number of aryl methyl sites for hydroxylation is 1.